The van der Waals surface area contributed by atoms with Crippen molar-refractivity contribution in [3.8, 4) is 5.75 Å². The van der Waals surface area contributed by atoms with E-state index < -0.39 is 5.82 Å². The molecule has 2 rings (SSSR count). The van der Waals surface area contributed by atoms with E-state index in [2.05, 4.69) is 15.9 Å². The van der Waals surface area contributed by atoms with Gasteiger partial charge < -0.3 is 10.5 Å². The molecular formula is C13H11BrFNO. The Bertz CT molecular complexity index is 513. The summed E-state index contributed by atoms with van der Waals surface area (Å²) in [4.78, 5) is 0. The molecule has 0 amide bonds. The predicted molar refractivity (Wildman–Crippen MR) is 69.3 cm³/mol. The second kappa shape index (κ2) is 5.19. The molecule has 2 aromatic rings. The van der Waals surface area contributed by atoms with Crippen LogP contribution in [0.15, 0.2) is 46.9 Å². The summed E-state index contributed by atoms with van der Waals surface area (Å²) in [5.74, 6) is -0.0915. The van der Waals surface area contributed by atoms with Gasteiger partial charge in [0.05, 0.1) is 0 Å². The van der Waals surface area contributed by atoms with E-state index in [1.807, 2.05) is 24.3 Å². The van der Waals surface area contributed by atoms with Crippen LogP contribution < -0.4 is 10.5 Å². The van der Waals surface area contributed by atoms with Crippen molar-refractivity contribution in [2.45, 2.75) is 6.61 Å². The van der Waals surface area contributed by atoms with Gasteiger partial charge in [-0.1, -0.05) is 34.1 Å². The standard InChI is InChI=1S/C13H11BrFNO/c14-10-6-4-9(5-7-10)8-17-12-3-1-2-11(15)13(12)16/h1-7H,8,16H2. The Kier molecular flexibility index (Phi) is 3.64. The highest BCUT2D eigenvalue weighted by atomic mass is 79.9. The fourth-order valence-corrected chi connectivity index (χ4v) is 1.65. The van der Waals surface area contributed by atoms with Gasteiger partial charge in [0, 0.05) is 4.47 Å². The zero-order chi connectivity index (χ0) is 12.3. The first kappa shape index (κ1) is 11.9. The van der Waals surface area contributed by atoms with Crippen LogP contribution in [0, 0.1) is 5.82 Å². The van der Waals surface area contributed by atoms with Gasteiger partial charge in [0.15, 0.2) is 0 Å². The third-order valence-corrected chi connectivity index (χ3v) is 2.85. The highest BCUT2D eigenvalue weighted by Crippen LogP contribution is 2.24. The summed E-state index contributed by atoms with van der Waals surface area (Å²) in [5, 5.41) is 0. The molecule has 0 aliphatic rings. The van der Waals surface area contributed by atoms with Crippen LogP contribution >= 0.6 is 15.9 Å². The molecule has 17 heavy (non-hydrogen) atoms. The summed E-state index contributed by atoms with van der Waals surface area (Å²) in [5.41, 5.74) is 6.61. The van der Waals surface area contributed by atoms with E-state index in [0.717, 1.165) is 10.0 Å². The van der Waals surface area contributed by atoms with E-state index >= 15 is 0 Å². The topological polar surface area (TPSA) is 35.2 Å². The van der Waals surface area contributed by atoms with Crippen molar-refractivity contribution in [2.75, 3.05) is 5.73 Å². The van der Waals surface area contributed by atoms with Crippen LogP contribution in [0.5, 0.6) is 5.75 Å². The van der Waals surface area contributed by atoms with Crippen LogP contribution in [0.4, 0.5) is 10.1 Å². The number of hydrogen-bond acceptors (Lipinski definition) is 2. The minimum atomic E-state index is -0.460. The van der Waals surface area contributed by atoms with Crippen LogP contribution in [0.25, 0.3) is 0 Å². The number of hydrogen-bond donors (Lipinski definition) is 1. The van der Waals surface area contributed by atoms with Crippen LogP contribution in [-0.4, -0.2) is 0 Å². The van der Waals surface area contributed by atoms with Gasteiger partial charge in [0.25, 0.3) is 0 Å². The van der Waals surface area contributed by atoms with Crippen molar-refractivity contribution in [2.24, 2.45) is 0 Å². The van der Waals surface area contributed by atoms with Gasteiger partial charge in [-0.05, 0) is 29.8 Å². The lowest BCUT2D eigenvalue weighted by atomic mass is 10.2. The maximum absolute atomic E-state index is 13.1. The van der Waals surface area contributed by atoms with Crippen molar-refractivity contribution in [1.29, 1.82) is 0 Å². The smallest absolute Gasteiger partial charge is 0.149 e. The van der Waals surface area contributed by atoms with Crippen molar-refractivity contribution < 1.29 is 9.13 Å². The molecule has 0 aromatic heterocycles. The Hall–Kier alpha value is -1.55. The largest absolute Gasteiger partial charge is 0.487 e. The average molecular weight is 296 g/mol. The molecule has 0 spiro atoms. The van der Waals surface area contributed by atoms with E-state index in [-0.39, 0.29) is 5.69 Å². The molecule has 0 aliphatic heterocycles. The zero-order valence-electron chi connectivity index (χ0n) is 8.99. The zero-order valence-corrected chi connectivity index (χ0v) is 10.6. The Labute approximate surface area is 107 Å². The molecule has 0 saturated carbocycles. The second-order valence-corrected chi connectivity index (χ2v) is 4.48. The van der Waals surface area contributed by atoms with Gasteiger partial charge in [0.2, 0.25) is 0 Å². The summed E-state index contributed by atoms with van der Waals surface area (Å²) >= 11 is 3.35. The van der Waals surface area contributed by atoms with Crippen molar-refractivity contribution in [1.82, 2.24) is 0 Å². The Morgan fingerprint density at radius 3 is 2.53 bits per heavy atom. The van der Waals surface area contributed by atoms with Crippen molar-refractivity contribution in [3.05, 3.63) is 58.3 Å². The molecule has 0 atom stereocenters. The van der Waals surface area contributed by atoms with E-state index in [1.54, 1.807) is 12.1 Å². The average Bonchev–Trinajstić information content (AvgIpc) is 2.33. The van der Waals surface area contributed by atoms with Crippen molar-refractivity contribution in [3.63, 3.8) is 0 Å². The Balaban J connectivity index is 2.07. The lowest BCUT2D eigenvalue weighted by Crippen LogP contribution is -2.00. The molecule has 0 radical (unpaired) electrons. The van der Waals surface area contributed by atoms with Crippen LogP contribution in [-0.2, 0) is 6.61 Å². The summed E-state index contributed by atoms with van der Waals surface area (Å²) in [6.07, 6.45) is 0. The van der Waals surface area contributed by atoms with Gasteiger partial charge in [-0.3, -0.25) is 0 Å². The van der Waals surface area contributed by atoms with Crippen molar-refractivity contribution >= 4 is 21.6 Å². The summed E-state index contributed by atoms with van der Waals surface area (Å²) in [6.45, 7) is 0.362. The normalized spacial score (nSPS) is 10.2. The Morgan fingerprint density at radius 2 is 1.82 bits per heavy atom. The van der Waals surface area contributed by atoms with E-state index in [1.165, 1.54) is 6.07 Å². The molecule has 0 saturated heterocycles. The third kappa shape index (κ3) is 2.97. The Morgan fingerprint density at radius 1 is 1.12 bits per heavy atom. The van der Waals surface area contributed by atoms with Crippen LogP contribution in [0.1, 0.15) is 5.56 Å². The second-order valence-electron chi connectivity index (χ2n) is 3.57. The molecule has 0 heterocycles. The molecule has 0 fully saturated rings. The summed E-state index contributed by atoms with van der Waals surface area (Å²) in [6, 6.07) is 12.2. The quantitative estimate of drug-likeness (QED) is 0.875. The SMILES string of the molecule is Nc1c(F)cccc1OCc1ccc(Br)cc1. The fourth-order valence-electron chi connectivity index (χ4n) is 1.38. The fraction of sp³-hybridized carbons (Fsp3) is 0.0769. The highest BCUT2D eigenvalue weighted by Gasteiger charge is 2.05. The number of para-hydroxylation sites is 1. The first-order valence-corrected chi connectivity index (χ1v) is 5.87. The number of anilines is 1. The summed E-state index contributed by atoms with van der Waals surface area (Å²) in [7, 11) is 0. The predicted octanol–water partition coefficient (Wildman–Crippen LogP) is 3.75. The monoisotopic (exact) mass is 295 g/mol. The first-order chi connectivity index (χ1) is 8.16. The number of ether oxygens (including phenoxy) is 1. The number of halogens is 2. The maximum Gasteiger partial charge on any atom is 0.149 e. The number of nitrogen functional groups attached to an aromatic ring is 1. The minimum absolute atomic E-state index is 0.0459. The molecule has 4 heteroatoms. The van der Waals surface area contributed by atoms with Gasteiger partial charge in [0.1, 0.15) is 23.9 Å². The van der Waals surface area contributed by atoms with E-state index in [4.69, 9.17) is 10.5 Å². The molecule has 88 valence electrons. The van der Waals surface area contributed by atoms with E-state index in [9.17, 15) is 4.39 Å². The van der Waals surface area contributed by atoms with Crippen LogP contribution in [0.3, 0.4) is 0 Å². The van der Waals surface area contributed by atoms with Gasteiger partial charge >= 0.3 is 0 Å². The lowest BCUT2D eigenvalue weighted by molar-refractivity contribution is 0.306. The summed E-state index contributed by atoms with van der Waals surface area (Å²) < 4.78 is 19.6. The van der Waals surface area contributed by atoms with E-state index in [0.29, 0.717) is 12.4 Å². The molecular weight excluding hydrogens is 285 g/mol. The van der Waals surface area contributed by atoms with Gasteiger partial charge in [-0.15, -0.1) is 0 Å². The molecule has 2 aromatic carbocycles. The number of benzene rings is 2. The number of nitrogens with two attached hydrogens (primary N) is 1. The van der Waals surface area contributed by atoms with Crippen LogP contribution in [0.2, 0.25) is 0 Å². The molecule has 0 aliphatic carbocycles. The molecule has 0 unspecified atom stereocenters. The first-order valence-electron chi connectivity index (χ1n) is 5.08. The maximum atomic E-state index is 13.1. The highest BCUT2D eigenvalue weighted by molar-refractivity contribution is 9.10. The lowest BCUT2D eigenvalue weighted by Gasteiger charge is -2.09. The molecule has 0 bridgehead atoms. The van der Waals surface area contributed by atoms with Gasteiger partial charge in [-0.2, -0.15) is 0 Å². The minimum Gasteiger partial charge on any atom is -0.487 e. The number of rotatable bonds is 3. The molecule has 2 N–H and O–H groups in total. The van der Waals surface area contributed by atoms with Gasteiger partial charge in [-0.25, -0.2) is 4.39 Å². The molecule has 2 nitrogen and oxygen atoms in total. The third-order valence-electron chi connectivity index (χ3n) is 2.32.